The molecule has 102 valence electrons. The van der Waals surface area contributed by atoms with Crippen LogP contribution in [0.25, 0.3) is 16.8 Å². The molecule has 0 amide bonds. The van der Waals surface area contributed by atoms with Crippen LogP contribution in [0.5, 0.6) is 0 Å². The summed E-state index contributed by atoms with van der Waals surface area (Å²) in [5.74, 6) is 0.973. The van der Waals surface area contributed by atoms with Crippen LogP contribution in [0.4, 0.5) is 5.82 Å². The fourth-order valence-electron chi connectivity index (χ4n) is 2.40. The quantitative estimate of drug-likeness (QED) is 0.787. The van der Waals surface area contributed by atoms with E-state index in [9.17, 15) is 0 Å². The average molecular weight is 266 g/mol. The van der Waals surface area contributed by atoms with Crippen molar-refractivity contribution in [2.45, 2.75) is 19.8 Å². The van der Waals surface area contributed by atoms with Crippen molar-refractivity contribution >= 4 is 11.5 Å². The summed E-state index contributed by atoms with van der Waals surface area (Å²) in [6.45, 7) is 2.17. The van der Waals surface area contributed by atoms with E-state index in [4.69, 9.17) is 4.98 Å². The van der Waals surface area contributed by atoms with Crippen molar-refractivity contribution in [2.75, 3.05) is 12.4 Å². The molecule has 0 radical (unpaired) electrons. The Morgan fingerprint density at radius 2 is 2.00 bits per heavy atom. The van der Waals surface area contributed by atoms with E-state index in [2.05, 4.69) is 35.5 Å². The topological polar surface area (TPSA) is 42.2 Å². The minimum Gasteiger partial charge on any atom is -0.373 e. The summed E-state index contributed by atoms with van der Waals surface area (Å²) in [7, 11) is 1.91. The molecule has 0 saturated heterocycles. The lowest BCUT2D eigenvalue weighted by molar-refractivity contribution is 0.861. The summed E-state index contributed by atoms with van der Waals surface area (Å²) < 4.78 is 1.86. The van der Waals surface area contributed by atoms with Crippen LogP contribution < -0.4 is 5.32 Å². The Morgan fingerprint density at radius 1 is 1.20 bits per heavy atom. The molecule has 20 heavy (non-hydrogen) atoms. The number of benzene rings is 1. The SMILES string of the molecule is CCCc1cc(NC)n2ncc(-c3ccccc3)c2n1. The van der Waals surface area contributed by atoms with E-state index in [-0.39, 0.29) is 0 Å². The van der Waals surface area contributed by atoms with E-state index >= 15 is 0 Å². The molecule has 1 aromatic carbocycles. The fraction of sp³-hybridized carbons (Fsp3) is 0.250. The van der Waals surface area contributed by atoms with Gasteiger partial charge in [-0.15, -0.1) is 0 Å². The van der Waals surface area contributed by atoms with Crippen molar-refractivity contribution in [1.29, 1.82) is 0 Å². The predicted octanol–water partition coefficient (Wildman–Crippen LogP) is 3.39. The van der Waals surface area contributed by atoms with E-state index in [0.29, 0.717) is 0 Å². The maximum absolute atomic E-state index is 4.77. The lowest BCUT2D eigenvalue weighted by atomic mass is 10.1. The summed E-state index contributed by atoms with van der Waals surface area (Å²) >= 11 is 0. The molecule has 2 heterocycles. The smallest absolute Gasteiger partial charge is 0.165 e. The van der Waals surface area contributed by atoms with Crippen LogP contribution in [0.15, 0.2) is 42.6 Å². The zero-order valence-electron chi connectivity index (χ0n) is 11.8. The molecule has 0 aliphatic carbocycles. The summed E-state index contributed by atoms with van der Waals surface area (Å²) in [4.78, 5) is 4.77. The van der Waals surface area contributed by atoms with Crippen molar-refractivity contribution in [3.05, 3.63) is 48.3 Å². The Kier molecular flexibility index (Phi) is 3.37. The lowest BCUT2D eigenvalue weighted by Crippen LogP contribution is -2.03. The number of fused-ring (bicyclic) bond motifs is 1. The monoisotopic (exact) mass is 266 g/mol. The van der Waals surface area contributed by atoms with Crippen molar-refractivity contribution in [3.8, 4) is 11.1 Å². The van der Waals surface area contributed by atoms with E-state index in [1.165, 1.54) is 0 Å². The molecule has 0 saturated carbocycles. The molecule has 4 nitrogen and oxygen atoms in total. The second-order valence-corrected chi connectivity index (χ2v) is 4.79. The van der Waals surface area contributed by atoms with Crippen LogP contribution >= 0.6 is 0 Å². The highest BCUT2D eigenvalue weighted by molar-refractivity contribution is 5.78. The van der Waals surface area contributed by atoms with Crippen LogP contribution in [0.3, 0.4) is 0 Å². The lowest BCUT2D eigenvalue weighted by Gasteiger charge is -2.07. The average Bonchev–Trinajstić information content (AvgIpc) is 2.91. The summed E-state index contributed by atoms with van der Waals surface area (Å²) in [6.07, 6.45) is 3.94. The van der Waals surface area contributed by atoms with Crippen molar-refractivity contribution < 1.29 is 0 Å². The first-order valence-electron chi connectivity index (χ1n) is 6.94. The number of nitrogens with one attached hydrogen (secondary N) is 1. The fourth-order valence-corrected chi connectivity index (χ4v) is 2.40. The van der Waals surface area contributed by atoms with Gasteiger partial charge in [-0.2, -0.15) is 9.61 Å². The van der Waals surface area contributed by atoms with Gasteiger partial charge in [-0.1, -0.05) is 43.7 Å². The van der Waals surface area contributed by atoms with E-state index in [1.807, 2.05) is 36.0 Å². The zero-order chi connectivity index (χ0) is 13.9. The Bertz CT molecular complexity index is 716. The number of nitrogens with zero attached hydrogens (tertiary/aromatic N) is 3. The van der Waals surface area contributed by atoms with Crippen LogP contribution in [0.2, 0.25) is 0 Å². The normalized spacial score (nSPS) is 10.9. The summed E-state index contributed by atoms with van der Waals surface area (Å²) in [5, 5.41) is 7.65. The third-order valence-corrected chi connectivity index (χ3v) is 3.37. The molecule has 2 aromatic heterocycles. The Morgan fingerprint density at radius 3 is 2.70 bits per heavy atom. The number of hydrogen-bond donors (Lipinski definition) is 1. The molecule has 0 aliphatic heterocycles. The number of aryl methyl sites for hydroxylation is 1. The molecule has 0 aliphatic rings. The third kappa shape index (κ3) is 2.13. The number of aromatic nitrogens is 3. The Labute approximate surface area is 118 Å². The Hall–Kier alpha value is -2.36. The second-order valence-electron chi connectivity index (χ2n) is 4.79. The van der Waals surface area contributed by atoms with Gasteiger partial charge >= 0.3 is 0 Å². The van der Waals surface area contributed by atoms with E-state index in [1.54, 1.807) is 0 Å². The van der Waals surface area contributed by atoms with Gasteiger partial charge in [0, 0.05) is 24.4 Å². The van der Waals surface area contributed by atoms with Gasteiger partial charge in [-0.3, -0.25) is 0 Å². The third-order valence-electron chi connectivity index (χ3n) is 3.37. The van der Waals surface area contributed by atoms with Gasteiger partial charge < -0.3 is 5.32 Å². The highest BCUT2D eigenvalue weighted by atomic mass is 15.3. The number of hydrogen-bond acceptors (Lipinski definition) is 3. The van der Waals surface area contributed by atoms with Crippen LogP contribution in [0.1, 0.15) is 19.0 Å². The molecule has 0 atom stereocenters. The molecule has 0 fully saturated rings. The van der Waals surface area contributed by atoms with Gasteiger partial charge in [0.25, 0.3) is 0 Å². The molecular formula is C16H18N4. The van der Waals surface area contributed by atoms with Gasteiger partial charge in [-0.05, 0) is 12.0 Å². The standard InChI is InChI=1S/C16H18N4/c1-3-7-13-10-15(17-2)20-16(19-13)14(11-18-20)12-8-5-4-6-9-12/h4-6,8-11,17H,3,7H2,1-2H3. The predicted molar refractivity (Wildman–Crippen MR) is 82.0 cm³/mol. The molecule has 0 spiro atoms. The second kappa shape index (κ2) is 5.33. The number of rotatable bonds is 4. The van der Waals surface area contributed by atoms with Gasteiger partial charge in [0.05, 0.1) is 6.20 Å². The van der Waals surface area contributed by atoms with Crippen LogP contribution in [-0.4, -0.2) is 21.6 Å². The highest BCUT2D eigenvalue weighted by Gasteiger charge is 2.11. The van der Waals surface area contributed by atoms with E-state index in [0.717, 1.165) is 41.1 Å². The minimum atomic E-state index is 0.909. The van der Waals surface area contributed by atoms with Crippen molar-refractivity contribution in [1.82, 2.24) is 14.6 Å². The minimum absolute atomic E-state index is 0.909. The first-order chi connectivity index (χ1) is 9.83. The van der Waals surface area contributed by atoms with Crippen molar-refractivity contribution in [3.63, 3.8) is 0 Å². The molecular weight excluding hydrogens is 248 g/mol. The maximum atomic E-state index is 4.77. The molecule has 0 unspecified atom stereocenters. The first kappa shape index (κ1) is 12.7. The van der Waals surface area contributed by atoms with Crippen LogP contribution in [-0.2, 0) is 6.42 Å². The first-order valence-corrected chi connectivity index (χ1v) is 6.94. The van der Waals surface area contributed by atoms with Crippen LogP contribution in [0, 0.1) is 0 Å². The molecule has 3 aromatic rings. The van der Waals surface area contributed by atoms with Crippen molar-refractivity contribution in [2.24, 2.45) is 0 Å². The molecule has 0 bridgehead atoms. The number of anilines is 1. The van der Waals surface area contributed by atoms with Gasteiger partial charge in [0.15, 0.2) is 5.65 Å². The largest absolute Gasteiger partial charge is 0.373 e. The zero-order valence-corrected chi connectivity index (χ0v) is 11.8. The Balaban J connectivity index is 2.22. The van der Waals surface area contributed by atoms with E-state index < -0.39 is 0 Å². The maximum Gasteiger partial charge on any atom is 0.165 e. The van der Waals surface area contributed by atoms with Gasteiger partial charge in [-0.25, -0.2) is 4.98 Å². The summed E-state index contributed by atoms with van der Waals surface area (Å²) in [5.41, 5.74) is 4.22. The molecule has 4 heteroatoms. The summed E-state index contributed by atoms with van der Waals surface area (Å²) in [6, 6.07) is 12.3. The van der Waals surface area contributed by atoms with Gasteiger partial charge in [0.2, 0.25) is 0 Å². The highest BCUT2D eigenvalue weighted by Crippen LogP contribution is 2.25. The molecule has 3 rings (SSSR count). The molecule has 1 N–H and O–H groups in total. The van der Waals surface area contributed by atoms with Gasteiger partial charge in [0.1, 0.15) is 5.82 Å².